The van der Waals surface area contributed by atoms with Crippen LogP contribution in [0, 0.1) is 13.8 Å². The number of ether oxygens (including phenoxy) is 1. The molecule has 2 nitrogen and oxygen atoms in total. The molecule has 1 N–H and O–H groups in total. The van der Waals surface area contributed by atoms with Crippen molar-refractivity contribution in [1.29, 1.82) is 0 Å². The van der Waals surface area contributed by atoms with Crippen molar-refractivity contribution in [1.82, 2.24) is 0 Å². The van der Waals surface area contributed by atoms with Crippen LogP contribution < -0.4 is 4.74 Å². The molecule has 0 saturated heterocycles. The smallest absolute Gasteiger partial charge is 0.425 e. The predicted molar refractivity (Wildman–Crippen MR) is 115 cm³/mol. The van der Waals surface area contributed by atoms with Gasteiger partial charge < -0.3 is 9.84 Å². The highest BCUT2D eigenvalue weighted by molar-refractivity contribution is 5.52. The van der Waals surface area contributed by atoms with Gasteiger partial charge in [0.2, 0.25) is 5.60 Å². The Morgan fingerprint density at radius 1 is 1.07 bits per heavy atom. The minimum absolute atomic E-state index is 0.00681. The van der Waals surface area contributed by atoms with Gasteiger partial charge in [0, 0.05) is 11.1 Å². The number of benzene rings is 2. The quantitative estimate of drug-likeness (QED) is 0.516. The number of allylic oxidation sites excluding steroid dienone is 4. The van der Waals surface area contributed by atoms with Crippen LogP contribution in [0.3, 0.4) is 0 Å². The average Bonchev–Trinajstić information content (AvgIpc) is 2.70. The molecule has 162 valence electrons. The number of aryl methyl sites for hydroxylation is 2. The molecule has 0 heterocycles. The zero-order valence-electron chi connectivity index (χ0n) is 18.1. The van der Waals surface area contributed by atoms with Gasteiger partial charge in [-0.2, -0.15) is 13.2 Å². The number of aliphatic hydroxyl groups is 1. The Kier molecular flexibility index (Phi) is 7.54. The third kappa shape index (κ3) is 4.78. The van der Waals surface area contributed by atoms with E-state index in [2.05, 4.69) is 6.92 Å². The lowest BCUT2D eigenvalue weighted by molar-refractivity contribution is -0.249. The molecule has 0 saturated carbocycles. The van der Waals surface area contributed by atoms with E-state index >= 15 is 0 Å². The van der Waals surface area contributed by atoms with Crippen molar-refractivity contribution < 1.29 is 23.0 Å². The highest BCUT2D eigenvalue weighted by Gasteiger charge is 2.58. The fraction of sp³-hybridized carbons (Fsp3) is 0.360. The number of halogens is 3. The van der Waals surface area contributed by atoms with Crippen LogP contribution in [0.4, 0.5) is 13.2 Å². The van der Waals surface area contributed by atoms with Crippen LogP contribution in [0.15, 0.2) is 60.2 Å². The molecule has 2 rings (SSSR count). The lowest BCUT2D eigenvalue weighted by Crippen LogP contribution is -2.44. The average molecular weight is 418 g/mol. The maximum Gasteiger partial charge on any atom is 0.425 e. The Morgan fingerprint density at radius 3 is 2.30 bits per heavy atom. The van der Waals surface area contributed by atoms with Gasteiger partial charge in [0.1, 0.15) is 5.75 Å². The van der Waals surface area contributed by atoms with Gasteiger partial charge in [-0.05, 0) is 62.4 Å². The summed E-state index contributed by atoms with van der Waals surface area (Å²) in [5.41, 5.74) is -0.607. The first-order chi connectivity index (χ1) is 14.1. The first kappa shape index (κ1) is 23.7. The molecule has 0 bridgehead atoms. The van der Waals surface area contributed by atoms with E-state index in [1.54, 1.807) is 32.0 Å². The molecular weight excluding hydrogens is 389 g/mol. The summed E-state index contributed by atoms with van der Waals surface area (Å²) in [6, 6.07) is 8.95. The zero-order chi connectivity index (χ0) is 22.5. The molecule has 5 heteroatoms. The summed E-state index contributed by atoms with van der Waals surface area (Å²) in [4.78, 5) is 0. The molecular formula is C25H29F3O2. The third-order valence-corrected chi connectivity index (χ3v) is 5.41. The van der Waals surface area contributed by atoms with Gasteiger partial charge >= 0.3 is 6.18 Å². The van der Waals surface area contributed by atoms with Crippen molar-refractivity contribution in [3.8, 4) is 5.75 Å². The summed E-state index contributed by atoms with van der Waals surface area (Å²) >= 11 is 0. The van der Waals surface area contributed by atoms with Crippen molar-refractivity contribution in [3.05, 3.63) is 88.0 Å². The normalized spacial score (nSPS) is 14.8. The number of alkyl halides is 3. The Bertz CT molecular complexity index is 942. The Morgan fingerprint density at radius 2 is 1.73 bits per heavy atom. The summed E-state index contributed by atoms with van der Waals surface area (Å²) in [6.07, 6.45) is 2.49. The Balaban J connectivity index is 2.59. The summed E-state index contributed by atoms with van der Waals surface area (Å²) in [5.74, 6) is 0.00681. The van der Waals surface area contributed by atoms with Crippen LogP contribution in [-0.4, -0.2) is 18.4 Å². The maximum absolute atomic E-state index is 14.2. The van der Waals surface area contributed by atoms with E-state index in [1.807, 2.05) is 25.2 Å². The Hall–Kier alpha value is -2.53. The van der Waals surface area contributed by atoms with Crippen LogP contribution in [0.2, 0.25) is 0 Å². The van der Waals surface area contributed by atoms with Gasteiger partial charge in [-0.3, -0.25) is 0 Å². The first-order valence-electron chi connectivity index (χ1n) is 9.91. The maximum atomic E-state index is 14.2. The summed E-state index contributed by atoms with van der Waals surface area (Å²) in [6.45, 7) is 7.41. The summed E-state index contributed by atoms with van der Waals surface area (Å²) in [7, 11) is 1.32. The van der Waals surface area contributed by atoms with Crippen molar-refractivity contribution >= 4 is 0 Å². The third-order valence-electron chi connectivity index (χ3n) is 5.41. The van der Waals surface area contributed by atoms with Crippen LogP contribution >= 0.6 is 0 Å². The lowest BCUT2D eigenvalue weighted by Gasteiger charge is -2.34. The molecule has 2 aromatic rings. The first-order valence-corrected chi connectivity index (χ1v) is 9.91. The van der Waals surface area contributed by atoms with Crippen LogP contribution in [0.1, 0.15) is 48.1 Å². The largest absolute Gasteiger partial charge is 0.496 e. The van der Waals surface area contributed by atoms with E-state index in [0.717, 1.165) is 12.0 Å². The van der Waals surface area contributed by atoms with E-state index in [4.69, 9.17) is 4.74 Å². The molecule has 0 fully saturated rings. The van der Waals surface area contributed by atoms with Crippen LogP contribution in [0.25, 0.3) is 0 Å². The second-order valence-corrected chi connectivity index (χ2v) is 7.50. The number of rotatable bonds is 7. The molecule has 0 aliphatic heterocycles. The van der Waals surface area contributed by atoms with Gasteiger partial charge in [0.05, 0.1) is 7.11 Å². The van der Waals surface area contributed by atoms with E-state index < -0.39 is 11.8 Å². The lowest BCUT2D eigenvalue weighted by atomic mass is 9.81. The van der Waals surface area contributed by atoms with Gasteiger partial charge in [-0.1, -0.05) is 55.0 Å². The van der Waals surface area contributed by atoms with Crippen LogP contribution in [0.5, 0.6) is 5.75 Å². The highest BCUT2D eigenvalue weighted by atomic mass is 19.4. The standard InChI is InChI=1S/C25H29F3O2/c1-6-17(2)11-7-9-13-20-16-23(30-5)22(15-19(20)4)24(29,25(26,27)28)21-14-10-8-12-18(21)3/h7-12,14-16,29H,6,13H2,1-5H3/b9-7+,17-11-. The zero-order valence-corrected chi connectivity index (χ0v) is 18.1. The molecule has 1 atom stereocenters. The minimum Gasteiger partial charge on any atom is -0.496 e. The monoisotopic (exact) mass is 418 g/mol. The molecule has 1 unspecified atom stereocenters. The van der Waals surface area contributed by atoms with E-state index in [1.165, 1.54) is 30.9 Å². The predicted octanol–water partition coefficient (Wildman–Crippen LogP) is 6.57. The molecule has 0 aromatic heterocycles. The van der Waals surface area contributed by atoms with E-state index in [0.29, 0.717) is 17.5 Å². The highest BCUT2D eigenvalue weighted by Crippen LogP contribution is 2.48. The second-order valence-electron chi connectivity index (χ2n) is 7.50. The van der Waals surface area contributed by atoms with Crippen molar-refractivity contribution in [2.45, 2.75) is 52.3 Å². The number of methoxy groups -OCH3 is 1. The van der Waals surface area contributed by atoms with Crippen molar-refractivity contribution in [2.75, 3.05) is 7.11 Å². The Labute approximate surface area is 176 Å². The minimum atomic E-state index is -4.93. The van der Waals surface area contributed by atoms with Crippen molar-refractivity contribution in [2.24, 2.45) is 0 Å². The number of hydrogen-bond acceptors (Lipinski definition) is 2. The van der Waals surface area contributed by atoms with Gasteiger partial charge in [0.15, 0.2) is 0 Å². The van der Waals surface area contributed by atoms with E-state index in [9.17, 15) is 18.3 Å². The molecule has 0 amide bonds. The second kappa shape index (κ2) is 9.52. The fourth-order valence-corrected chi connectivity index (χ4v) is 3.38. The SMILES string of the molecule is CC/C(C)=C\C=C\Cc1cc(OC)c(C(O)(c2ccccc2C)C(F)(F)F)cc1C. The van der Waals surface area contributed by atoms with Gasteiger partial charge in [-0.15, -0.1) is 0 Å². The molecule has 0 aliphatic rings. The molecule has 0 aliphatic carbocycles. The van der Waals surface area contributed by atoms with Gasteiger partial charge in [0.25, 0.3) is 0 Å². The van der Waals surface area contributed by atoms with Crippen molar-refractivity contribution in [3.63, 3.8) is 0 Å². The fourth-order valence-electron chi connectivity index (χ4n) is 3.38. The molecule has 30 heavy (non-hydrogen) atoms. The number of hydrogen-bond donors (Lipinski definition) is 1. The molecule has 2 aromatic carbocycles. The topological polar surface area (TPSA) is 29.5 Å². The van der Waals surface area contributed by atoms with Gasteiger partial charge in [-0.25, -0.2) is 0 Å². The van der Waals surface area contributed by atoms with E-state index in [-0.39, 0.29) is 16.9 Å². The summed E-state index contributed by atoms with van der Waals surface area (Å²) < 4.78 is 48.0. The van der Waals surface area contributed by atoms with Crippen LogP contribution in [-0.2, 0) is 12.0 Å². The summed E-state index contributed by atoms with van der Waals surface area (Å²) in [5, 5.41) is 11.1. The molecule has 0 radical (unpaired) electrons. The molecule has 0 spiro atoms.